The molecule has 2 amide bonds. The second-order valence-electron chi connectivity index (χ2n) is 7.60. The molecule has 11 heteroatoms. The second kappa shape index (κ2) is 18.4. The zero-order valence-electron chi connectivity index (χ0n) is 19.9. The van der Waals surface area contributed by atoms with E-state index >= 15 is 0 Å². The first-order chi connectivity index (χ1) is 15.9. The Morgan fingerprint density at radius 3 is 2.03 bits per heavy atom. The minimum absolute atomic E-state index is 0.00341. The van der Waals surface area contributed by atoms with E-state index in [2.05, 4.69) is 0 Å². The van der Waals surface area contributed by atoms with Gasteiger partial charge >= 0.3 is 5.97 Å². The summed E-state index contributed by atoms with van der Waals surface area (Å²) in [5.41, 5.74) is 0. The SMILES string of the molecule is COCCN(CCOC(=O)COCCOCCOCC(C)=O)C(=O)CCC(=O)N1CCCC1. The molecule has 0 aromatic heterocycles. The van der Waals surface area contributed by atoms with Crippen molar-refractivity contribution in [3.05, 3.63) is 0 Å². The number of esters is 1. The van der Waals surface area contributed by atoms with Crippen molar-refractivity contribution < 1.29 is 42.9 Å². The van der Waals surface area contributed by atoms with Gasteiger partial charge in [0.2, 0.25) is 11.8 Å². The van der Waals surface area contributed by atoms with Crippen LogP contribution in [0.15, 0.2) is 0 Å². The van der Waals surface area contributed by atoms with Gasteiger partial charge in [-0.2, -0.15) is 0 Å². The molecule has 0 unspecified atom stereocenters. The molecule has 33 heavy (non-hydrogen) atoms. The molecule has 0 saturated carbocycles. The molecular weight excluding hydrogens is 436 g/mol. The van der Waals surface area contributed by atoms with Gasteiger partial charge in [-0.05, 0) is 19.8 Å². The van der Waals surface area contributed by atoms with Crippen LogP contribution in [-0.2, 0) is 42.9 Å². The number of carbonyl (C=O) groups is 4. The Labute approximate surface area is 195 Å². The first kappa shape index (κ1) is 29.0. The summed E-state index contributed by atoms with van der Waals surface area (Å²) in [6.07, 6.45) is 2.33. The fourth-order valence-electron chi connectivity index (χ4n) is 3.08. The highest BCUT2D eigenvalue weighted by Gasteiger charge is 2.20. The molecule has 190 valence electrons. The molecule has 1 fully saturated rings. The Kier molecular flexibility index (Phi) is 16.1. The van der Waals surface area contributed by atoms with Crippen LogP contribution in [0.5, 0.6) is 0 Å². The van der Waals surface area contributed by atoms with Crippen LogP contribution in [0.25, 0.3) is 0 Å². The van der Waals surface area contributed by atoms with Crippen molar-refractivity contribution >= 4 is 23.6 Å². The van der Waals surface area contributed by atoms with Gasteiger partial charge in [-0.15, -0.1) is 0 Å². The number of carbonyl (C=O) groups excluding carboxylic acids is 4. The Balaban J connectivity index is 2.14. The van der Waals surface area contributed by atoms with Crippen molar-refractivity contribution in [1.82, 2.24) is 9.80 Å². The van der Waals surface area contributed by atoms with Crippen LogP contribution in [0.3, 0.4) is 0 Å². The minimum atomic E-state index is -0.539. The molecule has 0 radical (unpaired) electrons. The third kappa shape index (κ3) is 14.6. The summed E-state index contributed by atoms with van der Waals surface area (Å²) in [7, 11) is 1.54. The van der Waals surface area contributed by atoms with E-state index in [-0.39, 0.29) is 70.0 Å². The van der Waals surface area contributed by atoms with E-state index < -0.39 is 5.97 Å². The number of ketones is 1. The van der Waals surface area contributed by atoms with Crippen molar-refractivity contribution in [3.63, 3.8) is 0 Å². The highest BCUT2D eigenvalue weighted by molar-refractivity contribution is 5.84. The highest BCUT2D eigenvalue weighted by Crippen LogP contribution is 2.10. The smallest absolute Gasteiger partial charge is 0.332 e. The van der Waals surface area contributed by atoms with Crippen LogP contribution < -0.4 is 0 Å². The van der Waals surface area contributed by atoms with E-state index in [0.29, 0.717) is 26.4 Å². The normalized spacial score (nSPS) is 13.2. The summed E-state index contributed by atoms with van der Waals surface area (Å²) in [5.74, 6) is -0.751. The van der Waals surface area contributed by atoms with Gasteiger partial charge in [-0.1, -0.05) is 0 Å². The molecule has 1 aliphatic heterocycles. The van der Waals surface area contributed by atoms with Gasteiger partial charge in [-0.3, -0.25) is 14.4 Å². The van der Waals surface area contributed by atoms with Crippen molar-refractivity contribution in [2.45, 2.75) is 32.6 Å². The lowest BCUT2D eigenvalue weighted by atomic mass is 10.2. The monoisotopic (exact) mass is 474 g/mol. The molecular formula is C22H38N2O9. The van der Waals surface area contributed by atoms with Gasteiger partial charge in [0.25, 0.3) is 0 Å². The molecule has 0 atom stereocenters. The summed E-state index contributed by atoms with van der Waals surface area (Å²) in [5, 5.41) is 0. The molecule has 1 saturated heterocycles. The maximum absolute atomic E-state index is 12.5. The Morgan fingerprint density at radius 1 is 0.788 bits per heavy atom. The average molecular weight is 475 g/mol. The molecule has 0 aromatic carbocycles. The molecule has 0 aliphatic carbocycles. The van der Waals surface area contributed by atoms with E-state index in [1.807, 2.05) is 0 Å². The fourth-order valence-corrected chi connectivity index (χ4v) is 3.08. The number of likely N-dealkylation sites (tertiary alicyclic amines) is 1. The maximum Gasteiger partial charge on any atom is 0.332 e. The number of ether oxygens (including phenoxy) is 5. The summed E-state index contributed by atoms with van der Waals surface area (Å²) in [6.45, 7) is 4.91. The van der Waals surface area contributed by atoms with Gasteiger partial charge in [0, 0.05) is 39.6 Å². The average Bonchev–Trinajstić information content (AvgIpc) is 3.33. The van der Waals surface area contributed by atoms with E-state index in [0.717, 1.165) is 25.9 Å². The lowest BCUT2D eigenvalue weighted by Gasteiger charge is -2.23. The summed E-state index contributed by atoms with van der Waals surface area (Å²) < 4.78 is 25.7. The maximum atomic E-state index is 12.5. The molecule has 0 bridgehead atoms. The van der Waals surface area contributed by atoms with E-state index in [1.165, 1.54) is 11.8 Å². The number of nitrogens with zero attached hydrogens (tertiary/aromatic N) is 2. The van der Waals surface area contributed by atoms with Gasteiger partial charge in [0.1, 0.15) is 19.8 Å². The van der Waals surface area contributed by atoms with E-state index in [9.17, 15) is 19.2 Å². The lowest BCUT2D eigenvalue weighted by molar-refractivity contribution is -0.151. The van der Waals surface area contributed by atoms with Crippen LogP contribution in [0.1, 0.15) is 32.6 Å². The molecule has 1 aliphatic rings. The Morgan fingerprint density at radius 2 is 1.39 bits per heavy atom. The van der Waals surface area contributed by atoms with E-state index in [4.69, 9.17) is 23.7 Å². The predicted molar refractivity (Wildman–Crippen MR) is 118 cm³/mol. The Bertz CT molecular complexity index is 594. The van der Waals surface area contributed by atoms with Crippen LogP contribution in [0.2, 0.25) is 0 Å². The standard InChI is InChI=1S/C22H38N2O9/c1-19(25)17-31-15-13-30-14-16-32-18-22(28)33-12-10-24(9-11-29-2)21(27)6-5-20(26)23-7-3-4-8-23/h3-18H2,1-2H3. The van der Waals surface area contributed by atoms with Crippen LogP contribution in [-0.4, -0.2) is 120 Å². The fraction of sp³-hybridized carbons (Fsp3) is 0.818. The number of amides is 2. The first-order valence-corrected chi connectivity index (χ1v) is 11.4. The van der Waals surface area contributed by atoms with Crippen molar-refractivity contribution in [2.24, 2.45) is 0 Å². The van der Waals surface area contributed by atoms with Crippen molar-refractivity contribution in [2.75, 3.05) is 86.1 Å². The topological polar surface area (TPSA) is 121 Å². The summed E-state index contributed by atoms with van der Waals surface area (Å²) in [4.78, 5) is 50.5. The number of Topliss-reactive ketones (excluding diaryl/α,β-unsaturated/α-hetero) is 1. The van der Waals surface area contributed by atoms with Crippen LogP contribution in [0.4, 0.5) is 0 Å². The quantitative estimate of drug-likeness (QED) is 0.189. The first-order valence-electron chi connectivity index (χ1n) is 11.4. The van der Waals surface area contributed by atoms with Crippen molar-refractivity contribution in [1.29, 1.82) is 0 Å². The number of methoxy groups -OCH3 is 1. The van der Waals surface area contributed by atoms with Gasteiger partial charge in [0.15, 0.2) is 5.78 Å². The van der Waals surface area contributed by atoms with E-state index in [1.54, 1.807) is 12.0 Å². The lowest BCUT2D eigenvalue weighted by Crippen LogP contribution is -2.38. The minimum Gasteiger partial charge on any atom is -0.462 e. The number of rotatable bonds is 19. The largest absolute Gasteiger partial charge is 0.462 e. The van der Waals surface area contributed by atoms with Crippen LogP contribution in [0, 0.1) is 0 Å². The predicted octanol–water partition coefficient (Wildman–Crippen LogP) is 0.0460. The molecule has 1 rings (SSSR count). The molecule has 0 spiro atoms. The van der Waals surface area contributed by atoms with Crippen molar-refractivity contribution in [3.8, 4) is 0 Å². The van der Waals surface area contributed by atoms with Crippen LogP contribution >= 0.6 is 0 Å². The molecule has 0 N–H and O–H groups in total. The molecule has 11 nitrogen and oxygen atoms in total. The summed E-state index contributed by atoms with van der Waals surface area (Å²) in [6, 6.07) is 0. The third-order valence-corrected chi connectivity index (χ3v) is 4.82. The Hall–Kier alpha value is -2.08. The zero-order chi connectivity index (χ0) is 24.3. The van der Waals surface area contributed by atoms with Gasteiger partial charge in [-0.25, -0.2) is 4.79 Å². The molecule has 1 heterocycles. The molecule has 0 aromatic rings. The highest BCUT2D eigenvalue weighted by atomic mass is 16.6. The van der Waals surface area contributed by atoms with Gasteiger partial charge < -0.3 is 33.5 Å². The van der Waals surface area contributed by atoms with Gasteiger partial charge in [0.05, 0.1) is 39.6 Å². The number of hydrogen-bond acceptors (Lipinski definition) is 9. The third-order valence-electron chi connectivity index (χ3n) is 4.82. The number of hydrogen-bond donors (Lipinski definition) is 0. The zero-order valence-corrected chi connectivity index (χ0v) is 19.9. The summed E-state index contributed by atoms with van der Waals surface area (Å²) >= 11 is 0. The second-order valence-corrected chi connectivity index (χ2v) is 7.60.